The predicted octanol–water partition coefficient (Wildman–Crippen LogP) is 1.95. The lowest BCUT2D eigenvalue weighted by Gasteiger charge is -2.23. The van der Waals surface area contributed by atoms with Crippen LogP contribution in [0.25, 0.3) is 0 Å². The first-order chi connectivity index (χ1) is 9.14. The van der Waals surface area contributed by atoms with Crippen molar-refractivity contribution in [3.63, 3.8) is 0 Å². The average molecular weight is 299 g/mol. The number of amides is 1. The number of aromatic nitrogens is 1. The maximum absolute atomic E-state index is 12.0. The lowest BCUT2D eigenvalue weighted by Crippen LogP contribution is -2.47. The van der Waals surface area contributed by atoms with Crippen molar-refractivity contribution in [2.24, 2.45) is 0 Å². The number of aryl methyl sites for hydroxylation is 1. The summed E-state index contributed by atoms with van der Waals surface area (Å²) in [5.41, 5.74) is -0.00774. The van der Waals surface area contributed by atoms with Gasteiger partial charge in [-0.25, -0.2) is 9.78 Å². The smallest absolute Gasteiger partial charge is 0.357 e. The van der Waals surface area contributed by atoms with Crippen LogP contribution in [0.3, 0.4) is 0 Å². The Morgan fingerprint density at radius 2 is 1.95 bits per heavy atom. The molecular formula is C13H21N3O3S. The number of thiazole rings is 1. The second-order valence-electron chi connectivity index (χ2n) is 5.52. The van der Waals surface area contributed by atoms with Crippen molar-refractivity contribution in [3.8, 4) is 0 Å². The van der Waals surface area contributed by atoms with Gasteiger partial charge >= 0.3 is 5.97 Å². The molecule has 20 heavy (non-hydrogen) atoms. The molecule has 0 aliphatic carbocycles. The molecule has 0 radical (unpaired) electrons. The van der Waals surface area contributed by atoms with Gasteiger partial charge in [-0.05, 0) is 34.6 Å². The molecule has 0 aromatic carbocycles. The normalized spacial score (nSPS) is 12.7. The average Bonchev–Trinajstić information content (AvgIpc) is 2.67. The van der Waals surface area contributed by atoms with Gasteiger partial charge in [0.25, 0.3) is 0 Å². The molecule has 0 saturated heterocycles. The molecule has 0 spiro atoms. The Morgan fingerprint density at radius 1 is 1.35 bits per heavy atom. The lowest BCUT2D eigenvalue weighted by molar-refractivity contribution is -0.122. The molecule has 0 saturated carbocycles. The number of carbonyl (C=O) groups is 2. The Morgan fingerprint density at radius 3 is 2.45 bits per heavy atom. The van der Waals surface area contributed by atoms with Gasteiger partial charge in [0, 0.05) is 10.4 Å². The summed E-state index contributed by atoms with van der Waals surface area (Å²) in [7, 11) is 1.31. The van der Waals surface area contributed by atoms with E-state index in [1.165, 1.54) is 18.4 Å². The van der Waals surface area contributed by atoms with Gasteiger partial charge < -0.3 is 15.4 Å². The molecule has 1 atom stereocenters. The molecule has 1 aromatic heterocycles. The van der Waals surface area contributed by atoms with Gasteiger partial charge in [0.1, 0.15) is 6.04 Å². The van der Waals surface area contributed by atoms with E-state index in [-0.39, 0.29) is 17.1 Å². The maximum atomic E-state index is 12.0. The van der Waals surface area contributed by atoms with Crippen LogP contribution in [0.2, 0.25) is 0 Å². The number of methoxy groups -OCH3 is 1. The van der Waals surface area contributed by atoms with Crippen molar-refractivity contribution < 1.29 is 14.3 Å². The molecule has 7 heteroatoms. The van der Waals surface area contributed by atoms with Gasteiger partial charge in [-0.1, -0.05) is 0 Å². The Balaban J connectivity index is 2.74. The predicted molar refractivity (Wildman–Crippen MR) is 79.2 cm³/mol. The Labute approximate surface area is 122 Å². The van der Waals surface area contributed by atoms with Gasteiger partial charge in [-0.2, -0.15) is 0 Å². The fourth-order valence-corrected chi connectivity index (χ4v) is 2.36. The molecule has 0 aliphatic heterocycles. The standard InChI is InChI=1S/C13H21N3O3S/c1-7(10(17)16-13(3,4)5)14-12-15-9(8(2)20-12)11(18)19-6/h7H,1-6H3,(H,14,15)(H,16,17). The zero-order valence-electron chi connectivity index (χ0n) is 12.7. The highest BCUT2D eigenvalue weighted by atomic mass is 32.1. The summed E-state index contributed by atoms with van der Waals surface area (Å²) in [6.45, 7) is 9.28. The molecular weight excluding hydrogens is 278 g/mol. The fraction of sp³-hybridized carbons (Fsp3) is 0.615. The van der Waals surface area contributed by atoms with Crippen molar-refractivity contribution in [2.75, 3.05) is 12.4 Å². The molecule has 0 aliphatic rings. The first-order valence-electron chi connectivity index (χ1n) is 6.28. The number of hydrogen-bond acceptors (Lipinski definition) is 6. The first kappa shape index (κ1) is 16.4. The summed E-state index contributed by atoms with van der Waals surface area (Å²) in [4.78, 5) is 28.3. The molecule has 1 rings (SSSR count). The third kappa shape index (κ3) is 4.48. The number of nitrogens with zero attached hydrogens (tertiary/aromatic N) is 1. The number of carbonyl (C=O) groups excluding carboxylic acids is 2. The van der Waals surface area contributed by atoms with Crippen LogP contribution >= 0.6 is 11.3 Å². The van der Waals surface area contributed by atoms with E-state index in [4.69, 9.17) is 0 Å². The van der Waals surface area contributed by atoms with Gasteiger partial charge in [0.2, 0.25) is 5.91 Å². The van der Waals surface area contributed by atoms with Crippen LogP contribution in [0.4, 0.5) is 5.13 Å². The number of ether oxygens (including phenoxy) is 1. The van der Waals surface area contributed by atoms with Crippen molar-refractivity contribution in [2.45, 2.75) is 46.2 Å². The molecule has 0 bridgehead atoms. The largest absolute Gasteiger partial charge is 0.464 e. The molecule has 112 valence electrons. The zero-order valence-corrected chi connectivity index (χ0v) is 13.5. The third-order valence-electron chi connectivity index (χ3n) is 2.41. The molecule has 1 unspecified atom stereocenters. The maximum Gasteiger partial charge on any atom is 0.357 e. The van der Waals surface area contributed by atoms with Crippen LogP contribution in [0.15, 0.2) is 0 Å². The minimum atomic E-state index is -0.474. The second kappa shape index (κ2) is 6.21. The van der Waals surface area contributed by atoms with Crippen molar-refractivity contribution in [3.05, 3.63) is 10.6 Å². The minimum Gasteiger partial charge on any atom is -0.464 e. The zero-order chi connectivity index (χ0) is 15.5. The van der Waals surface area contributed by atoms with E-state index in [2.05, 4.69) is 20.4 Å². The van der Waals surface area contributed by atoms with Gasteiger partial charge in [-0.15, -0.1) is 11.3 Å². The van der Waals surface area contributed by atoms with Crippen molar-refractivity contribution in [1.29, 1.82) is 0 Å². The lowest BCUT2D eigenvalue weighted by atomic mass is 10.1. The van der Waals surface area contributed by atoms with E-state index in [0.29, 0.717) is 5.13 Å². The van der Waals surface area contributed by atoms with E-state index in [9.17, 15) is 9.59 Å². The number of nitrogens with one attached hydrogen (secondary N) is 2. The number of anilines is 1. The highest BCUT2D eigenvalue weighted by Crippen LogP contribution is 2.23. The molecule has 6 nitrogen and oxygen atoms in total. The summed E-state index contributed by atoms with van der Waals surface area (Å²) in [6.07, 6.45) is 0. The summed E-state index contributed by atoms with van der Waals surface area (Å²) in [5, 5.41) is 6.40. The second-order valence-corrected chi connectivity index (χ2v) is 6.72. The molecule has 2 N–H and O–H groups in total. The highest BCUT2D eigenvalue weighted by molar-refractivity contribution is 7.15. The van der Waals surface area contributed by atoms with Crippen LogP contribution in [0, 0.1) is 6.92 Å². The van der Waals surface area contributed by atoms with Crippen molar-refractivity contribution >= 4 is 28.3 Å². The van der Waals surface area contributed by atoms with Crippen LogP contribution in [-0.2, 0) is 9.53 Å². The van der Waals surface area contributed by atoms with Crippen LogP contribution in [0.5, 0.6) is 0 Å². The van der Waals surface area contributed by atoms with Gasteiger partial charge in [-0.3, -0.25) is 4.79 Å². The highest BCUT2D eigenvalue weighted by Gasteiger charge is 2.21. The summed E-state index contributed by atoms with van der Waals surface area (Å²) in [6, 6.07) is -0.440. The van der Waals surface area contributed by atoms with Crippen LogP contribution in [-0.4, -0.2) is 35.6 Å². The Bertz CT molecular complexity index is 505. The topological polar surface area (TPSA) is 80.3 Å². The van der Waals surface area contributed by atoms with E-state index >= 15 is 0 Å². The van der Waals surface area contributed by atoms with Gasteiger partial charge in [0.15, 0.2) is 10.8 Å². The van der Waals surface area contributed by atoms with E-state index in [1.807, 2.05) is 20.8 Å². The number of rotatable bonds is 4. The first-order valence-corrected chi connectivity index (χ1v) is 7.10. The van der Waals surface area contributed by atoms with Crippen LogP contribution in [0.1, 0.15) is 43.1 Å². The van der Waals surface area contributed by atoms with E-state index < -0.39 is 12.0 Å². The summed E-state index contributed by atoms with van der Waals surface area (Å²) >= 11 is 1.32. The number of hydrogen-bond donors (Lipinski definition) is 2. The third-order valence-corrected chi connectivity index (χ3v) is 3.31. The van der Waals surface area contributed by atoms with Crippen molar-refractivity contribution in [1.82, 2.24) is 10.3 Å². The molecule has 1 aromatic rings. The van der Waals surface area contributed by atoms with Crippen LogP contribution < -0.4 is 10.6 Å². The minimum absolute atomic E-state index is 0.120. The summed E-state index contributed by atoms with van der Waals surface area (Å²) < 4.78 is 4.65. The molecule has 1 heterocycles. The van der Waals surface area contributed by atoms with Gasteiger partial charge in [0.05, 0.1) is 7.11 Å². The SMILES string of the molecule is COC(=O)c1nc(NC(C)C(=O)NC(C)(C)C)sc1C. The quantitative estimate of drug-likeness (QED) is 0.831. The monoisotopic (exact) mass is 299 g/mol. The number of esters is 1. The Kier molecular flexibility index (Phi) is 5.10. The molecule has 1 amide bonds. The van der Waals surface area contributed by atoms with E-state index in [0.717, 1.165) is 4.88 Å². The summed E-state index contributed by atoms with van der Waals surface area (Å²) in [5.74, 6) is -0.594. The van der Waals surface area contributed by atoms with E-state index in [1.54, 1.807) is 13.8 Å². The molecule has 0 fully saturated rings. The fourth-order valence-electron chi connectivity index (χ4n) is 1.47. The Hall–Kier alpha value is -1.63.